The van der Waals surface area contributed by atoms with Gasteiger partial charge in [-0.05, 0) is 29.8 Å². The lowest BCUT2D eigenvalue weighted by Gasteiger charge is -2.11. The number of nitrogens with two attached hydrogens (primary N) is 1. The Bertz CT molecular complexity index is 555. The van der Waals surface area contributed by atoms with E-state index in [2.05, 4.69) is 10.3 Å². The van der Waals surface area contributed by atoms with E-state index in [1.807, 2.05) is 12.1 Å². The second-order valence-corrected chi connectivity index (χ2v) is 4.49. The molecule has 0 aliphatic rings. The smallest absolute Gasteiger partial charge is 0.224 e. The molecule has 2 aromatic rings. The van der Waals surface area contributed by atoms with E-state index in [0.29, 0.717) is 11.4 Å². The Morgan fingerprint density at radius 2 is 2.00 bits per heavy atom. The van der Waals surface area contributed by atoms with Crippen LogP contribution in [-0.2, 0) is 11.2 Å². The van der Waals surface area contributed by atoms with Crippen LogP contribution in [0.2, 0.25) is 0 Å². The molecule has 1 heterocycles. The van der Waals surface area contributed by atoms with Crippen molar-refractivity contribution in [2.45, 2.75) is 12.5 Å². The van der Waals surface area contributed by atoms with Crippen LogP contribution in [-0.4, -0.2) is 22.5 Å². The average Bonchev–Trinajstić information content (AvgIpc) is 2.48. The third-order valence-corrected chi connectivity index (χ3v) is 2.87. The van der Waals surface area contributed by atoms with E-state index in [0.717, 1.165) is 5.56 Å². The number of anilines is 1. The summed E-state index contributed by atoms with van der Waals surface area (Å²) in [5.74, 6) is -0.148. The van der Waals surface area contributed by atoms with Crippen LogP contribution < -0.4 is 11.1 Å². The summed E-state index contributed by atoms with van der Waals surface area (Å²) in [4.78, 5) is 15.8. The molecule has 0 saturated carbocycles. The van der Waals surface area contributed by atoms with Gasteiger partial charge in [0.05, 0.1) is 12.1 Å². The molecule has 0 unspecified atom stereocenters. The Kier molecular flexibility index (Phi) is 4.68. The molecule has 1 aromatic heterocycles. The van der Waals surface area contributed by atoms with E-state index in [9.17, 15) is 9.90 Å². The molecule has 0 spiro atoms. The summed E-state index contributed by atoms with van der Waals surface area (Å²) in [7, 11) is 0. The Morgan fingerprint density at radius 1 is 1.25 bits per heavy atom. The standard InChI is InChI=1S/C15H17N3O2/c16-12-6-4-11(5-7-12)9-15(20)18-10-14(19)13-3-1-2-8-17-13/h1-8,14,19H,9-10,16H2,(H,18,20)/t14-/m1/s1. The normalized spacial score (nSPS) is 11.8. The maximum absolute atomic E-state index is 11.8. The fourth-order valence-electron chi connectivity index (χ4n) is 1.77. The van der Waals surface area contributed by atoms with E-state index >= 15 is 0 Å². The number of amides is 1. The van der Waals surface area contributed by atoms with Gasteiger partial charge in [-0.2, -0.15) is 0 Å². The summed E-state index contributed by atoms with van der Waals surface area (Å²) in [5.41, 5.74) is 7.67. The van der Waals surface area contributed by atoms with Gasteiger partial charge in [-0.25, -0.2) is 0 Å². The quantitative estimate of drug-likeness (QED) is 0.709. The third kappa shape index (κ3) is 4.07. The van der Waals surface area contributed by atoms with Gasteiger partial charge in [0.15, 0.2) is 0 Å². The highest BCUT2D eigenvalue weighted by molar-refractivity contribution is 5.78. The second-order valence-electron chi connectivity index (χ2n) is 4.49. The van der Waals surface area contributed by atoms with Crippen LogP contribution in [0.15, 0.2) is 48.7 Å². The van der Waals surface area contributed by atoms with Crippen molar-refractivity contribution in [3.63, 3.8) is 0 Å². The molecule has 1 atom stereocenters. The van der Waals surface area contributed by atoms with Gasteiger partial charge < -0.3 is 16.2 Å². The van der Waals surface area contributed by atoms with E-state index in [1.165, 1.54) is 0 Å². The predicted octanol–water partition coefficient (Wildman–Crippen LogP) is 1.06. The molecule has 0 radical (unpaired) electrons. The van der Waals surface area contributed by atoms with E-state index in [-0.39, 0.29) is 18.9 Å². The van der Waals surface area contributed by atoms with Gasteiger partial charge in [-0.3, -0.25) is 9.78 Å². The molecule has 4 N–H and O–H groups in total. The molecule has 104 valence electrons. The van der Waals surface area contributed by atoms with Crippen LogP contribution in [0, 0.1) is 0 Å². The van der Waals surface area contributed by atoms with Crippen molar-refractivity contribution < 1.29 is 9.90 Å². The van der Waals surface area contributed by atoms with Crippen molar-refractivity contribution in [3.8, 4) is 0 Å². The molecule has 0 bridgehead atoms. The number of benzene rings is 1. The summed E-state index contributed by atoms with van der Waals surface area (Å²) in [6, 6.07) is 12.4. The van der Waals surface area contributed by atoms with Crippen molar-refractivity contribution >= 4 is 11.6 Å². The molecule has 20 heavy (non-hydrogen) atoms. The number of nitrogen functional groups attached to an aromatic ring is 1. The van der Waals surface area contributed by atoms with Crippen LogP contribution in [0.1, 0.15) is 17.4 Å². The first kappa shape index (κ1) is 14.0. The molecule has 0 fully saturated rings. The maximum Gasteiger partial charge on any atom is 0.224 e. The number of carbonyl (C=O) groups is 1. The molecular formula is C15H17N3O2. The van der Waals surface area contributed by atoms with E-state index < -0.39 is 6.10 Å². The minimum absolute atomic E-state index is 0.144. The summed E-state index contributed by atoms with van der Waals surface area (Å²) in [6.45, 7) is 0.144. The Morgan fingerprint density at radius 3 is 2.65 bits per heavy atom. The molecule has 5 nitrogen and oxygen atoms in total. The monoisotopic (exact) mass is 271 g/mol. The van der Waals surface area contributed by atoms with Gasteiger partial charge in [-0.15, -0.1) is 0 Å². The van der Waals surface area contributed by atoms with Gasteiger partial charge in [0.2, 0.25) is 5.91 Å². The van der Waals surface area contributed by atoms with Crippen LogP contribution in [0.3, 0.4) is 0 Å². The zero-order valence-corrected chi connectivity index (χ0v) is 11.0. The number of nitrogens with one attached hydrogen (secondary N) is 1. The zero-order valence-electron chi connectivity index (χ0n) is 11.0. The number of aliphatic hydroxyl groups is 1. The number of hydrogen-bond acceptors (Lipinski definition) is 4. The lowest BCUT2D eigenvalue weighted by Crippen LogP contribution is -2.29. The highest BCUT2D eigenvalue weighted by Gasteiger charge is 2.10. The Hall–Kier alpha value is -2.40. The van der Waals surface area contributed by atoms with Crippen LogP contribution >= 0.6 is 0 Å². The number of nitrogens with zero attached hydrogens (tertiary/aromatic N) is 1. The minimum Gasteiger partial charge on any atom is -0.399 e. The molecule has 5 heteroatoms. The highest BCUT2D eigenvalue weighted by Crippen LogP contribution is 2.08. The molecule has 2 rings (SSSR count). The lowest BCUT2D eigenvalue weighted by atomic mass is 10.1. The van der Waals surface area contributed by atoms with Crippen molar-refractivity contribution in [2.24, 2.45) is 0 Å². The fourth-order valence-corrected chi connectivity index (χ4v) is 1.77. The minimum atomic E-state index is -0.799. The first-order valence-electron chi connectivity index (χ1n) is 6.35. The highest BCUT2D eigenvalue weighted by atomic mass is 16.3. The molecule has 1 aromatic carbocycles. The molecular weight excluding hydrogens is 254 g/mol. The molecule has 1 amide bonds. The second kappa shape index (κ2) is 6.68. The van der Waals surface area contributed by atoms with Crippen molar-refractivity contribution in [2.75, 3.05) is 12.3 Å². The number of aromatic nitrogens is 1. The van der Waals surface area contributed by atoms with E-state index in [1.54, 1.807) is 36.5 Å². The first-order chi connectivity index (χ1) is 9.65. The average molecular weight is 271 g/mol. The van der Waals surface area contributed by atoms with Gasteiger partial charge in [0.25, 0.3) is 0 Å². The number of hydrogen-bond donors (Lipinski definition) is 3. The first-order valence-corrected chi connectivity index (χ1v) is 6.35. The summed E-state index contributed by atoms with van der Waals surface area (Å²) < 4.78 is 0. The van der Waals surface area contributed by atoms with Crippen LogP contribution in [0.5, 0.6) is 0 Å². The van der Waals surface area contributed by atoms with Gasteiger partial charge in [0.1, 0.15) is 6.10 Å². The zero-order chi connectivity index (χ0) is 14.4. The van der Waals surface area contributed by atoms with Crippen LogP contribution in [0.25, 0.3) is 0 Å². The third-order valence-electron chi connectivity index (χ3n) is 2.87. The molecule has 0 saturated heterocycles. The largest absolute Gasteiger partial charge is 0.399 e. The number of rotatable bonds is 5. The fraction of sp³-hybridized carbons (Fsp3) is 0.200. The number of carbonyl (C=O) groups excluding carboxylic acids is 1. The van der Waals surface area contributed by atoms with Gasteiger partial charge in [-0.1, -0.05) is 18.2 Å². The molecule has 0 aliphatic heterocycles. The predicted molar refractivity (Wildman–Crippen MR) is 76.8 cm³/mol. The lowest BCUT2D eigenvalue weighted by molar-refractivity contribution is -0.120. The summed E-state index contributed by atoms with van der Waals surface area (Å²) in [5, 5.41) is 12.6. The summed E-state index contributed by atoms with van der Waals surface area (Å²) >= 11 is 0. The van der Waals surface area contributed by atoms with Crippen molar-refractivity contribution in [3.05, 3.63) is 59.9 Å². The van der Waals surface area contributed by atoms with Crippen molar-refractivity contribution in [1.29, 1.82) is 0 Å². The van der Waals surface area contributed by atoms with Crippen LogP contribution in [0.4, 0.5) is 5.69 Å². The maximum atomic E-state index is 11.8. The SMILES string of the molecule is Nc1ccc(CC(=O)NC[C@@H](O)c2ccccn2)cc1. The Labute approximate surface area is 117 Å². The van der Waals surface area contributed by atoms with Gasteiger partial charge >= 0.3 is 0 Å². The number of pyridine rings is 1. The summed E-state index contributed by atoms with van der Waals surface area (Å²) in [6.07, 6.45) is 1.07. The van der Waals surface area contributed by atoms with Gasteiger partial charge in [0, 0.05) is 18.4 Å². The van der Waals surface area contributed by atoms with E-state index in [4.69, 9.17) is 5.73 Å². The topological polar surface area (TPSA) is 88.2 Å². The van der Waals surface area contributed by atoms with Crippen molar-refractivity contribution in [1.82, 2.24) is 10.3 Å². The number of aliphatic hydroxyl groups excluding tert-OH is 1. The Balaban J connectivity index is 1.82. The molecule has 0 aliphatic carbocycles.